The highest BCUT2D eigenvalue weighted by Crippen LogP contribution is 2.26. The summed E-state index contributed by atoms with van der Waals surface area (Å²) in [6.45, 7) is 0.360. The number of aromatic nitrogens is 3. The fourth-order valence-corrected chi connectivity index (χ4v) is 3.92. The molecule has 0 saturated carbocycles. The Kier molecular flexibility index (Phi) is 4.39. The van der Waals surface area contributed by atoms with Gasteiger partial charge in [0.25, 0.3) is 0 Å². The molecule has 2 heterocycles. The molecule has 2 aromatic rings. The number of thiazole rings is 1. The van der Waals surface area contributed by atoms with Crippen LogP contribution in [0.15, 0.2) is 17.6 Å². The molecule has 0 amide bonds. The normalized spacial score (nSPS) is 15.1. The van der Waals surface area contributed by atoms with E-state index in [1.165, 1.54) is 42.2 Å². The van der Waals surface area contributed by atoms with Crippen molar-refractivity contribution in [1.29, 1.82) is 0 Å². The van der Waals surface area contributed by atoms with E-state index in [1.54, 1.807) is 11.3 Å². The molecule has 0 bridgehead atoms. The van der Waals surface area contributed by atoms with Crippen molar-refractivity contribution in [1.82, 2.24) is 15.0 Å². The Morgan fingerprint density at radius 3 is 2.64 bits per heavy atom. The average Bonchev–Trinajstić information content (AvgIpc) is 2.74. The van der Waals surface area contributed by atoms with Gasteiger partial charge in [0.15, 0.2) is 5.75 Å². The molecule has 0 fully saturated rings. The topological polar surface area (TPSA) is 82.0 Å². The molecule has 0 aromatic carbocycles. The first-order valence-corrected chi connectivity index (χ1v) is 9.85. The molecule has 0 saturated heterocycles. The third-order valence-electron chi connectivity index (χ3n) is 3.44. The van der Waals surface area contributed by atoms with Crippen LogP contribution in [0.2, 0.25) is 0 Å². The van der Waals surface area contributed by atoms with Gasteiger partial charge in [0.2, 0.25) is 15.0 Å². The van der Waals surface area contributed by atoms with E-state index in [0.29, 0.717) is 12.4 Å². The minimum absolute atomic E-state index is 0.194. The molecule has 0 spiro atoms. The highest BCUT2D eigenvalue weighted by molar-refractivity contribution is 7.90. The molecule has 0 radical (unpaired) electrons. The predicted molar refractivity (Wildman–Crippen MR) is 82.8 cm³/mol. The molecule has 0 aliphatic heterocycles. The molecule has 1 aliphatic carbocycles. The van der Waals surface area contributed by atoms with Gasteiger partial charge in [-0.05, 0) is 25.7 Å². The van der Waals surface area contributed by atoms with E-state index in [2.05, 4.69) is 15.0 Å². The molecule has 118 valence electrons. The number of fused-ring (bicyclic) bond motifs is 1. The van der Waals surface area contributed by atoms with Gasteiger partial charge in [-0.1, -0.05) is 6.42 Å². The molecular weight excluding hydrogens is 322 g/mol. The molecule has 0 unspecified atom stereocenters. The fraction of sp³-hybridized carbons (Fsp3) is 0.500. The van der Waals surface area contributed by atoms with Crippen LogP contribution < -0.4 is 4.74 Å². The Morgan fingerprint density at radius 2 is 1.91 bits per heavy atom. The van der Waals surface area contributed by atoms with E-state index in [9.17, 15) is 8.42 Å². The summed E-state index contributed by atoms with van der Waals surface area (Å²) in [6.07, 6.45) is 9.71. The van der Waals surface area contributed by atoms with Crippen molar-refractivity contribution in [3.8, 4) is 5.75 Å². The highest BCUT2D eigenvalue weighted by Gasteiger charge is 2.15. The van der Waals surface area contributed by atoms with Gasteiger partial charge < -0.3 is 4.74 Å². The summed E-state index contributed by atoms with van der Waals surface area (Å²) < 4.78 is 28.2. The molecule has 8 heteroatoms. The third kappa shape index (κ3) is 3.61. The summed E-state index contributed by atoms with van der Waals surface area (Å²) in [5.74, 6) is 0.442. The summed E-state index contributed by atoms with van der Waals surface area (Å²) in [7, 11) is -3.38. The van der Waals surface area contributed by atoms with E-state index in [1.807, 2.05) is 0 Å². The minimum atomic E-state index is -3.38. The lowest BCUT2D eigenvalue weighted by Crippen LogP contribution is -2.04. The van der Waals surface area contributed by atoms with E-state index in [0.717, 1.165) is 24.1 Å². The average molecular weight is 339 g/mol. The Morgan fingerprint density at radius 1 is 1.18 bits per heavy atom. The van der Waals surface area contributed by atoms with Gasteiger partial charge >= 0.3 is 0 Å². The maximum Gasteiger partial charge on any atom is 0.246 e. The van der Waals surface area contributed by atoms with Crippen LogP contribution in [0.1, 0.15) is 34.8 Å². The van der Waals surface area contributed by atoms with Gasteiger partial charge in [-0.25, -0.2) is 23.4 Å². The SMILES string of the molecule is CS(=O)(=O)c1ncc(OCc2nc3c(s2)CCCCC3)cn1. The minimum Gasteiger partial charge on any atom is -0.483 e. The molecular formula is C14H17N3O3S2. The summed E-state index contributed by atoms with van der Waals surface area (Å²) in [6, 6.07) is 0. The standard InChI is InChI=1S/C14H17N3O3S2/c1-22(18,19)14-15-7-10(8-16-14)20-9-13-17-11-5-3-2-4-6-12(11)21-13/h7-8H,2-6,9H2,1H3. The number of hydrogen-bond acceptors (Lipinski definition) is 7. The zero-order chi connectivity index (χ0) is 15.6. The van der Waals surface area contributed by atoms with Crippen LogP contribution in [0.4, 0.5) is 0 Å². The smallest absolute Gasteiger partial charge is 0.246 e. The molecule has 6 nitrogen and oxygen atoms in total. The molecule has 1 aliphatic rings. The van der Waals surface area contributed by atoms with Crippen molar-refractivity contribution in [2.45, 2.75) is 43.9 Å². The first kappa shape index (κ1) is 15.4. The zero-order valence-corrected chi connectivity index (χ0v) is 13.9. The number of ether oxygens (including phenoxy) is 1. The first-order valence-electron chi connectivity index (χ1n) is 7.15. The number of hydrogen-bond donors (Lipinski definition) is 0. The summed E-state index contributed by atoms with van der Waals surface area (Å²) >= 11 is 1.70. The van der Waals surface area contributed by atoms with Crippen molar-refractivity contribution in [3.63, 3.8) is 0 Å². The lowest BCUT2D eigenvalue weighted by Gasteiger charge is -2.03. The largest absolute Gasteiger partial charge is 0.483 e. The Labute approximate surface area is 133 Å². The van der Waals surface area contributed by atoms with Crippen LogP contribution >= 0.6 is 11.3 Å². The van der Waals surface area contributed by atoms with Gasteiger partial charge in [-0.15, -0.1) is 11.3 Å². The Bertz CT molecular complexity index is 731. The number of nitrogens with zero attached hydrogens (tertiary/aromatic N) is 3. The van der Waals surface area contributed by atoms with Gasteiger partial charge in [-0.3, -0.25) is 0 Å². The molecule has 3 rings (SSSR count). The fourth-order valence-electron chi connectivity index (χ4n) is 2.36. The highest BCUT2D eigenvalue weighted by atomic mass is 32.2. The van der Waals surface area contributed by atoms with Gasteiger partial charge in [0.05, 0.1) is 18.1 Å². The number of rotatable bonds is 4. The van der Waals surface area contributed by atoms with Crippen molar-refractivity contribution in [2.75, 3.05) is 6.26 Å². The first-order chi connectivity index (χ1) is 10.5. The molecule has 0 atom stereocenters. The van der Waals surface area contributed by atoms with Crippen LogP contribution in [-0.2, 0) is 29.3 Å². The maximum absolute atomic E-state index is 11.3. The lowest BCUT2D eigenvalue weighted by atomic mass is 10.2. The van der Waals surface area contributed by atoms with Gasteiger partial charge in [0, 0.05) is 11.1 Å². The second-order valence-corrected chi connectivity index (χ2v) is 8.38. The van der Waals surface area contributed by atoms with Gasteiger partial charge in [0.1, 0.15) is 11.6 Å². The summed E-state index contributed by atoms with van der Waals surface area (Å²) in [5.41, 5.74) is 1.21. The van der Waals surface area contributed by atoms with Gasteiger partial charge in [-0.2, -0.15) is 0 Å². The monoisotopic (exact) mass is 339 g/mol. The molecule has 0 N–H and O–H groups in total. The lowest BCUT2D eigenvalue weighted by molar-refractivity contribution is 0.301. The van der Waals surface area contributed by atoms with E-state index in [-0.39, 0.29) is 5.16 Å². The second kappa shape index (κ2) is 6.29. The van der Waals surface area contributed by atoms with Crippen LogP contribution in [0.5, 0.6) is 5.75 Å². The maximum atomic E-state index is 11.3. The van der Waals surface area contributed by atoms with E-state index < -0.39 is 9.84 Å². The van der Waals surface area contributed by atoms with Crippen LogP contribution in [0.25, 0.3) is 0 Å². The van der Waals surface area contributed by atoms with E-state index in [4.69, 9.17) is 4.74 Å². The van der Waals surface area contributed by atoms with Crippen molar-refractivity contribution in [3.05, 3.63) is 28.0 Å². The summed E-state index contributed by atoms with van der Waals surface area (Å²) in [5, 5.41) is 0.750. The quantitative estimate of drug-likeness (QED) is 0.627. The molecule has 2 aromatic heterocycles. The van der Waals surface area contributed by atoms with Crippen LogP contribution in [-0.4, -0.2) is 29.6 Å². The number of sulfone groups is 1. The Balaban J connectivity index is 1.65. The Hall–Kier alpha value is -1.54. The second-order valence-electron chi connectivity index (χ2n) is 5.30. The predicted octanol–water partition coefficient (Wildman–Crippen LogP) is 2.18. The van der Waals surface area contributed by atoms with Crippen molar-refractivity contribution >= 4 is 21.2 Å². The van der Waals surface area contributed by atoms with Crippen molar-refractivity contribution < 1.29 is 13.2 Å². The zero-order valence-electron chi connectivity index (χ0n) is 12.3. The third-order valence-corrected chi connectivity index (χ3v) is 5.44. The summed E-state index contributed by atoms with van der Waals surface area (Å²) in [4.78, 5) is 13.6. The van der Waals surface area contributed by atoms with Crippen molar-refractivity contribution in [2.24, 2.45) is 0 Å². The molecule has 22 heavy (non-hydrogen) atoms. The van der Waals surface area contributed by atoms with Crippen LogP contribution in [0.3, 0.4) is 0 Å². The van der Waals surface area contributed by atoms with E-state index >= 15 is 0 Å². The number of aryl methyl sites for hydroxylation is 2. The van der Waals surface area contributed by atoms with Crippen LogP contribution in [0, 0.1) is 0 Å².